The molecule has 0 saturated carbocycles. The van der Waals surface area contributed by atoms with Gasteiger partial charge in [-0.05, 0) is 41.5 Å². The lowest BCUT2D eigenvalue weighted by Crippen LogP contribution is -2.35. The van der Waals surface area contributed by atoms with Crippen LogP contribution in [0.5, 0.6) is 0 Å². The maximum atomic E-state index is 13.2. The molecule has 6 heteroatoms. The molecule has 26 heavy (non-hydrogen) atoms. The summed E-state index contributed by atoms with van der Waals surface area (Å²) in [6.07, 6.45) is 0. The predicted octanol–water partition coefficient (Wildman–Crippen LogP) is 4.27. The summed E-state index contributed by atoms with van der Waals surface area (Å²) in [5, 5.41) is 0.545. The van der Waals surface area contributed by atoms with Gasteiger partial charge in [0.2, 0.25) is 0 Å². The molecule has 1 aliphatic heterocycles. The Bertz CT molecular complexity index is 1080. The molecule has 0 fully saturated rings. The second-order valence-electron chi connectivity index (χ2n) is 5.96. The molecule has 0 N–H and O–H groups in total. The van der Waals surface area contributed by atoms with Crippen LogP contribution in [-0.4, -0.2) is 18.6 Å². The van der Waals surface area contributed by atoms with Gasteiger partial charge in [0.05, 0.1) is 10.9 Å². The molecule has 1 heterocycles. The first kappa shape index (κ1) is 16.8. The number of carbonyl (C=O) groups excluding carboxylic acids is 1. The van der Waals surface area contributed by atoms with Gasteiger partial charge < -0.3 is 0 Å². The van der Waals surface area contributed by atoms with Gasteiger partial charge in [0, 0.05) is 10.6 Å². The Morgan fingerprint density at radius 3 is 2.12 bits per heavy atom. The number of hydrogen-bond acceptors (Lipinski definition) is 3. The highest BCUT2D eigenvalue weighted by molar-refractivity contribution is 7.89. The Morgan fingerprint density at radius 1 is 0.808 bits per heavy atom. The fraction of sp³-hybridized carbons (Fsp3) is 0.0500. The van der Waals surface area contributed by atoms with Gasteiger partial charge in [-0.1, -0.05) is 60.1 Å². The van der Waals surface area contributed by atoms with Crippen molar-refractivity contribution in [1.29, 1.82) is 0 Å². The zero-order valence-electron chi connectivity index (χ0n) is 13.5. The lowest BCUT2D eigenvalue weighted by Gasteiger charge is -2.25. The lowest BCUT2D eigenvalue weighted by atomic mass is 9.99. The van der Waals surface area contributed by atoms with E-state index in [9.17, 15) is 13.2 Å². The fourth-order valence-electron chi connectivity index (χ4n) is 3.21. The van der Waals surface area contributed by atoms with E-state index < -0.39 is 22.0 Å². The van der Waals surface area contributed by atoms with Gasteiger partial charge in [0.25, 0.3) is 15.9 Å². The zero-order chi connectivity index (χ0) is 18.3. The summed E-state index contributed by atoms with van der Waals surface area (Å²) < 4.78 is 27.5. The van der Waals surface area contributed by atoms with Crippen molar-refractivity contribution in [3.05, 3.63) is 101 Å². The van der Waals surface area contributed by atoms with E-state index in [2.05, 4.69) is 0 Å². The van der Waals surface area contributed by atoms with Crippen LogP contribution >= 0.6 is 11.6 Å². The summed E-state index contributed by atoms with van der Waals surface area (Å²) in [6, 6.07) is 21.1. The topological polar surface area (TPSA) is 54.5 Å². The molecule has 1 unspecified atom stereocenters. The largest absolute Gasteiger partial charge is 0.268 e. The molecule has 0 aliphatic carbocycles. The molecule has 1 amide bonds. The molecular weight excluding hydrogens is 370 g/mol. The maximum Gasteiger partial charge on any atom is 0.268 e. The summed E-state index contributed by atoms with van der Waals surface area (Å²) >= 11 is 5.97. The lowest BCUT2D eigenvalue weighted by molar-refractivity contribution is 0.0865. The number of carbonyl (C=O) groups is 1. The van der Waals surface area contributed by atoms with Gasteiger partial charge >= 0.3 is 0 Å². The molecule has 0 bridgehead atoms. The molecular formula is C20H14ClNO3S. The molecule has 1 atom stereocenters. The third kappa shape index (κ3) is 2.60. The van der Waals surface area contributed by atoms with Crippen LogP contribution in [0.25, 0.3) is 0 Å². The number of sulfonamides is 1. The Kier molecular flexibility index (Phi) is 4.05. The molecule has 0 saturated heterocycles. The average molecular weight is 384 g/mol. The molecule has 1 aliphatic rings. The van der Waals surface area contributed by atoms with Crippen molar-refractivity contribution in [3.63, 3.8) is 0 Å². The minimum absolute atomic E-state index is 0.0834. The monoisotopic (exact) mass is 383 g/mol. The van der Waals surface area contributed by atoms with Crippen LogP contribution in [0, 0.1) is 0 Å². The normalized spacial score (nSPS) is 16.6. The van der Waals surface area contributed by atoms with Crippen molar-refractivity contribution in [2.45, 2.75) is 10.9 Å². The Balaban J connectivity index is 1.93. The van der Waals surface area contributed by atoms with Crippen LogP contribution in [0.1, 0.15) is 27.5 Å². The third-order valence-corrected chi connectivity index (χ3v) is 6.42. The van der Waals surface area contributed by atoms with Crippen LogP contribution in [0.3, 0.4) is 0 Å². The van der Waals surface area contributed by atoms with Gasteiger partial charge in [-0.3, -0.25) is 4.79 Å². The number of benzene rings is 3. The first-order chi connectivity index (χ1) is 12.5. The van der Waals surface area contributed by atoms with Crippen LogP contribution in [-0.2, 0) is 10.0 Å². The molecule has 4 nitrogen and oxygen atoms in total. The summed E-state index contributed by atoms with van der Waals surface area (Å²) in [5.41, 5.74) is 1.75. The standard InChI is InChI=1S/C20H14ClNO3S/c21-15-12-10-14(11-13-15)19-17-8-4-5-9-18(17)20(23)22(19)26(24,25)16-6-2-1-3-7-16/h1-13,19H. The highest BCUT2D eigenvalue weighted by Crippen LogP contribution is 2.42. The molecule has 0 spiro atoms. The second-order valence-corrected chi connectivity index (χ2v) is 8.21. The summed E-state index contributed by atoms with van der Waals surface area (Å²) in [4.78, 5) is 13.1. The van der Waals surface area contributed by atoms with E-state index in [1.165, 1.54) is 12.1 Å². The van der Waals surface area contributed by atoms with Gasteiger partial charge in [-0.15, -0.1) is 0 Å². The highest BCUT2D eigenvalue weighted by Gasteiger charge is 2.45. The molecule has 4 rings (SSSR count). The van der Waals surface area contributed by atoms with Crippen molar-refractivity contribution in [1.82, 2.24) is 4.31 Å². The van der Waals surface area contributed by atoms with Crippen molar-refractivity contribution in [2.24, 2.45) is 0 Å². The third-order valence-electron chi connectivity index (χ3n) is 4.41. The number of rotatable bonds is 3. The Morgan fingerprint density at radius 2 is 1.42 bits per heavy atom. The molecule has 3 aromatic carbocycles. The molecule has 130 valence electrons. The van der Waals surface area contributed by atoms with Gasteiger partial charge in [-0.2, -0.15) is 0 Å². The Labute approximate surface area is 156 Å². The van der Waals surface area contributed by atoms with Crippen LogP contribution in [0.15, 0.2) is 83.8 Å². The van der Waals surface area contributed by atoms with E-state index in [1.807, 2.05) is 0 Å². The van der Waals surface area contributed by atoms with Gasteiger partial charge in [-0.25, -0.2) is 12.7 Å². The quantitative estimate of drug-likeness (QED) is 0.678. The minimum atomic E-state index is -4.01. The van der Waals surface area contributed by atoms with Crippen molar-refractivity contribution in [3.8, 4) is 0 Å². The van der Waals surface area contributed by atoms with Crippen LogP contribution in [0.2, 0.25) is 5.02 Å². The summed E-state index contributed by atoms with van der Waals surface area (Å²) in [6.45, 7) is 0. The highest BCUT2D eigenvalue weighted by atomic mass is 35.5. The van der Waals surface area contributed by atoms with Crippen molar-refractivity contribution >= 4 is 27.5 Å². The number of nitrogens with zero attached hydrogens (tertiary/aromatic N) is 1. The van der Waals surface area contributed by atoms with E-state index in [4.69, 9.17) is 11.6 Å². The number of hydrogen-bond donors (Lipinski definition) is 0. The van der Waals surface area contributed by atoms with Gasteiger partial charge in [0.1, 0.15) is 0 Å². The smallest absolute Gasteiger partial charge is 0.268 e. The van der Waals surface area contributed by atoms with E-state index in [0.717, 1.165) is 4.31 Å². The van der Waals surface area contributed by atoms with Crippen molar-refractivity contribution in [2.75, 3.05) is 0 Å². The first-order valence-corrected chi connectivity index (χ1v) is 9.80. The average Bonchev–Trinajstić information content (AvgIpc) is 2.97. The summed E-state index contributed by atoms with van der Waals surface area (Å²) in [7, 11) is -4.01. The zero-order valence-corrected chi connectivity index (χ0v) is 15.1. The first-order valence-electron chi connectivity index (χ1n) is 7.98. The molecule has 3 aromatic rings. The van der Waals surface area contributed by atoms with Crippen molar-refractivity contribution < 1.29 is 13.2 Å². The Hall–Kier alpha value is -2.63. The van der Waals surface area contributed by atoms with Crippen LogP contribution in [0.4, 0.5) is 0 Å². The van der Waals surface area contributed by atoms with Gasteiger partial charge in [0.15, 0.2) is 0 Å². The minimum Gasteiger partial charge on any atom is -0.268 e. The predicted molar refractivity (Wildman–Crippen MR) is 99.5 cm³/mol. The SMILES string of the molecule is O=C1c2ccccc2C(c2ccc(Cl)cc2)N1S(=O)(=O)c1ccccc1. The van der Waals surface area contributed by atoms with E-state index in [-0.39, 0.29) is 4.90 Å². The molecule has 0 aromatic heterocycles. The second kappa shape index (κ2) is 6.27. The van der Waals surface area contributed by atoms with E-state index in [1.54, 1.807) is 66.7 Å². The van der Waals surface area contributed by atoms with E-state index >= 15 is 0 Å². The fourth-order valence-corrected chi connectivity index (χ4v) is 4.89. The van der Waals surface area contributed by atoms with E-state index in [0.29, 0.717) is 21.7 Å². The maximum absolute atomic E-state index is 13.2. The number of halogens is 1. The molecule has 0 radical (unpaired) electrons. The van der Waals surface area contributed by atoms with Crippen LogP contribution < -0.4 is 0 Å². The summed E-state index contributed by atoms with van der Waals surface area (Å²) in [5.74, 6) is -0.524. The number of amides is 1. The number of fused-ring (bicyclic) bond motifs is 1.